The molecule has 2 rings (SSSR count). The van der Waals surface area contributed by atoms with E-state index in [1.54, 1.807) is 0 Å². The fourth-order valence-electron chi connectivity index (χ4n) is 2.23. The highest BCUT2D eigenvalue weighted by Gasteiger charge is 2.40. The second kappa shape index (κ2) is 4.42. The molecule has 0 spiro atoms. The lowest BCUT2D eigenvalue weighted by molar-refractivity contribution is 0.774. The highest BCUT2D eigenvalue weighted by molar-refractivity contribution is 7.63. The molecule has 1 heterocycles. The zero-order valence-corrected chi connectivity index (χ0v) is 12.2. The molecule has 1 aliphatic rings. The molecular formula is C14H21N2P. The fraction of sp³-hybridized carbons (Fsp3) is 0.500. The Labute approximate surface area is 106 Å². The first kappa shape index (κ1) is 12.6. The molecule has 0 amide bonds. The fourth-order valence-corrected chi connectivity index (χ4v) is 5.31. The van der Waals surface area contributed by atoms with Crippen molar-refractivity contribution in [1.29, 1.82) is 0 Å². The molecule has 1 aromatic carbocycles. The summed E-state index contributed by atoms with van der Waals surface area (Å²) in [5, 5.41) is 5.05. The van der Waals surface area contributed by atoms with Gasteiger partial charge in [-0.2, -0.15) is 5.10 Å². The van der Waals surface area contributed by atoms with Crippen molar-refractivity contribution in [1.82, 2.24) is 0 Å². The number of anilines is 1. The lowest BCUT2D eigenvalue weighted by atomic mass is 10.2. The zero-order valence-electron chi connectivity index (χ0n) is 11.3. The van der Waals surface area contributed by atoms with Gasteiger partial charge in [-0.05, 0) is 19.1 Å². The van der Waals surface area contributed by atoms with Crippen LogP contribution in [0.25, 0.3) is 0 Å². The van der Waals surface area contributed by atoms with E-state index < -0.39 is 0 Å². The molecule has 2 unspecified atom stereocenters. The first-order valence-electron chi connectivity index (χ1n) is 6.11. The summed E-state index contributed by atoms with van der Waals surface area (Å²) in [4.78, 5) is 0. The smallest absolute Gasteiger partial charge is 0.0635 e. The van der Waals surface area contributed by atoms with E-state index in [-0.39, 0.29) is 13.2 Å². The van der Waals surface area contributed by atoms with E-state index in [4.69, 9.17) is 5.10 Å². The van der Waals surface area contributed by atoms with Crippen LogP contribution in [0, 0.1) is 0 Å². The van der Waals surface area contributed by atoms with Gasteiger partial charge in [0.15, 0.2) is 0 Å². The van der Waals surface area contributed by atoms with E-state index in [0.29, 0.717) is 5.66 Å². The van der Waals surface area contributed by atoms with Gasteiger partial charge in [0.05, 0.1) is 5.69 Å². The Morgan fingerprint density at radius 3 is 2.29 bits per heavy atom. The first-order chi connectivity index (χ1) is 7.91. The SMILES string of the molecule is CC1=NN(c2ccccc2)P(C(C)(C)C)C1C. The maximum Gasteiger partial charge on any atom is 0.0635 e. The maximum absolute atomic E-state index is 4.77. The van der Waals surface area contributed by atoms with E-state index in [0.717, 1.165) is 0 Å². The summed E-state index contributed by atoms with van der Waals surface area (Å²) in [5.41, 5.74) is 3.05. The molecule has 3 heteroatoms. The summed E-state index contributed by atoms with van der Waals surface area (Å²) < 4.78 is 2.26. The van der Waals surface area contributed by atoms with Crippen molar-refractivity contribution in [2.75, 3.05) is 4.78 Å². The normalized spacial score (nSPS) is 25.0. The third kappa shape index (κ3) is 2.37. The number of para-hydroxylation sites is 1. The third-order valence-electron chi connectivity index (χ3n) is 3.10. The Balaban J connectivity index is 2.39. The van der Waals surface area contributed by atoms with Gasteiger partial charge in [0.2, 0.25) is 0 Å². The molecule has 0 fully saturated rings. The predicted molar refractivity (Wildman–Crippen MR) is 78.2 cm³/mol. The lowest BCUT2D eigenvalue weighted by Crippen LogP contribution is -2.25. The summed E-state index contributed by atoms with van der Waals surface area (Å²) in [6, 6.07) is 10.5. The van der Waals surface area contributed by atoms with E-state index in [2.05, 4.69) is 69.7 Å². The number of hydrogen-bond acceptors (Lipinski definition) is 2. The molecule has 0 saturated carbocycles. The zero-order chi connectivity index (χ0) is 12.6. The minimum Gasteiger partial charge on any atom is -0.244 e. The van der Waals surface area contributed by atoms with Crippen LogP contribution in [0.1, 0.15) is 34.6 Å². The summed E-state index contributed by atoms with van der Waals surface area (Å²) >= 11 is 0. The Morgan fingerprint density at radius 1 is 1.18 bits per heavy atom. The molecule has 2 nitrogen and oxygen atoms in total. The second-order valence-corrected chi connectivity index (χ2v) is 8.74. The van der Waals surface area contributed by atoms with Crippen LogP contribution in [0.3, 0.4) is 0 Å². The number of hydrazone groups is 1. The lowest BCUT2D eigenvalue weighted by Gasteiger charge is -2.36. The Hall–Kier alpha value is -0.880. The van der Waals surface area contributed by atoms with Crippen LogP contribution in [0.15, 0.2) is 35.4 Å². The number of rotatable bonds is 1. The van der Waals surface area contributed by atoms with Crippen molar-refractivity contribution in [2.24, 2.45) is 5.10 Å². The van der Waals surface area contributed by atoms with Gasteiger partial charge in [-0.1, -0.05) is 45.9 Å². The van der Waals surface area contributed by atoms with E-state index in [1.807, 2.05) is 0 Å². The number of hydrogen-bond donors (Lipinski definition) is 0. The monoisotopic (exact) mass is 248 g/mol. The standard InChI is InChI=1S/C14H21N2P/c1-11-12(2)17(14(3,4)5)16(15-11)13-9-7-6-8-10-13/h6-10,12H,1-5H3. The van der Waals surface area contributed by atoms with Crippen LogP contribution in [-0.4, -0.2) is 16.5 Å². The van der Waals surface area contributed by atoms with E-state index >= 15 is 0 Å². The van der Waals surface area contributed by atoms with Gasteiger partial charge < -0.3 is 0 Å². The average molecular weight is 248 g/mol. The van der Waals surface area contributed by atoms with Crippen molar-refractivity contribution in [2.45, 2.75) is 45.4 Å². The summed E-state index contributed by atoms with van der Waals surface area (Å²) in [6.45, 7) is 11.4. The van der Waals surface area contributed by atoms with Crippen LogP contribution >= 0.6 is 8.07 Å². The van der Waals surface area contributed by atoms with Gasteiger partial charge in [0.25, 0.3) is 0 Å². The predicted octanol–water partition coefficient (Wildman–Crippen LogP) is 4.47. The minimum atomic E-state index is -0.297. The molecule has 0 N–H and O–H groups in total. The first-order valence-corrected chi connectivity index (χ1v) is 7.47. The minimum absolute atomic E-state index is 0.284. The third-order valence-corrected chi connectivity index (χ3v) is 6.31. The van der Waals surface area contributed by atoms with Gasteiger partial charge in [-0.25, -0.2) is 4.78 Å². The summed E-state index contributed by atoms with van der Waals surface area (Å²) in [7, 11) is -0.297. The number of benzene rings is 1. The molecule has 0 bridgehead atoms. The molecular weight excluding hydrogens is 227 g/mol. The van der Waals surface area contributed by atoms with E-state index in [9.17, 15) is 0 Å². The van der Waals surface area contributed by atoms with Gasteiger partial charge >= 0.3 is 0 Å². The summed E-state index contributed by atoms with van der Waals surface area (Å²) in [5.74, 6) is 0. The maximum atomic E-state index is 4.77. The van der Waals surface area contributed by atoms with Gasteiger partial charge in [-0.15, -0.1) is 0 Å². The van der Waals surface area contributed by atoms with Crippen molar-refractivity contribution in [3.05, 3.63) is 30.3 Å². The van der Waals surface area contributed by atoms with Crippen LogP contribution in [-0.2, 0) is 0 Å². The molecule has 0 aromatic heterocycles. The highest BCUT2D eigenvalue weighted by Crippen LogP contribution is 2.61. The Kier molecular flexibility index (Phi) is 3.27. The molecule has 17 heavy (non-hydrogen) atoms. The van der Waals surface area contributed by atoms with Crippen LogP contribution < -0.4 is 4.78 Å². The Bertz CT molecular complexity index is 420. The van der Waals surface area contributed by atoms with Gasteiger partial charge in [0.1, 0.15) is 0 Å². The van der Waals surface area contributed by atoms with Crippen LogP contribution in [0.5, 0.6) is 0 Å². The summed E-state index contributed by atoms with van der Waals surface area (Å²) in [6.07, 6.45) is 0. The number of nitrogens with zero attached hydrogens (tertiary/aromatic N) is 2. The van der Waals surface area contributed by atoms with Gasteiger partial charge in [-0.3, -0.25) is 0 Å². The molecule has 92 valence electrons. The van der Waals surface area contributed by atoms with E-state index in [1.165, 1.54) is 11.4 Å². The van der Waals surface area contributed by atoms with Crippen LogP contribution in [0.2, 0.25) is 0 Å². The Morgan fingerprint density at radius 2 is 1.76 bits per heavy atom. The molecule has 2 atom stereocenters. The largest absolute Gasteiger partial charge is 0.244 e. The quantitative estimate of drug-likeness (QED) is 0.670. The topological polar surface area (TPSA) is 15.6 Å². The molecule has 1 aromatic rings. The molecule has 0 radical (unpaired) electrons. The van der Waals surface area contributed by atoms with Crippen molar-refractivity contribution in [3.63, 3.8) is 0 Å². The van der Waals surface area contributed by atoms with Crippen LogP contribution in [0.4, 0.5) is 5.69 Å². The van der Waals surface area contributed by atoms with Crippen molar-refractivity contribution >= 4 is 19.5 Å². The molecule has 1 aliphatic heterocycles. The van der Waals surface area contributed by atoms with Crippen molar-refractivity contribution in [3.8, 4) is 0 Å². The molecule has 0 saturated heterocycles. The van der Waals surface area contributed by atoms with Crippen molar-refractivity contribution < 1.29 is 0 Å². The highest BCUT2D eigenvalue weighted by atomic mass is 31.1. The molecule has 0 aliphatic carbocycles. The average Bonchev–Trinajstić information content (AvgIpc) is 2.56. The van der Waals surface area contributed by atoms with Gasteiger partial charge in [0, 0.05) is 24.6 Å². The second-order valence-electron chi connectivity index (χ2n) is 5.56.